The number of likely N-dealkylation sites (tertiary alicyclic amines) is 1. The fraction of sp³-hybridized carbons (Fsp3) is 0.300. The average Bonchev–Trinajstić information content (AvgIpc) is 3.45. The zero-order valence-electron chi connectivity index (χ0n) is 21.0. The molecule has 4 rings (SSSR count). The number of carbonyl (C=O) groups excluding carboxylic acids is 3. The summed E-state index contributed by atoms with van der Waals surface area (Å²) >= 11 is 0. The van der Waals surface area contributed by atoms with Gasteiger partial charge in [-0.05, 0) is 36.0 Å². The molecule has 7 heteroatoms. The van der Waals surface area contributed by atoms with Crippen molar-refractivity contribution < 1.29 is 14.4 Å². The monoisotopic (exact) mass is 498 g/mol. The molecule has 7 nitrogen and oxygen atoms in total. The molecule has 3 atom stereocenters. The highest BCUT2D eigenvalue weighted by molar-refractivity contribution is 5.94. The molecule has 3 aromatic rings. The van der Waals surface area contributed by atoms with Gasteiger partial charge < -0.3 is 21.3 Å². The van der Waals surface area contributed by atoms with Gasteiger partial charge in [-0.25, -0.2) is 0 Å². The molecule has 1 aliphatic heterocycles. The quantitative estimate of drug-likeness (QED) is 0.420. The van der Waals surface area contributed by atoms with Gasteiger partial charge in [0.1, 0.15) is 12.1 Å². The topological polar surface area (TPSA) is 105 Å². The van der Waals surface area contributed by atoms with Crippen LogP contribution in [-0.2, 0) is 14.4 Å². The Hall–Kier alpha value is -3.97. The second-order valence-electron chi connectivity index (χ2n) is 9.32. The van der Waals surface area contributed by atoms with Crippen molar-refractivity contribution in [3.63, 3.8) is 0 Å². The summed E-state index contributed by atoms with van der Waals surface area (Å²) in [7, 11) is 0. The van der Waals surface area contributed by atoms with E-state index in [1.54, 1.807) is 17.0 Å². The molecule has 1 heterocycles. The number of carbonyl (C=O) groups is 3. The van der Waals surface area contributed by atoms with Crippen LogP contribution < -0.4 is 16.4 Å². The van der Waals surface area contributed by atoms with Crippen molar-refractivity contribution in [1.82, 2.24) is 15.5 Å². The summed E-state index contributed by atoms with van der Waals surface area (Å²) in [6.07, 6.45) is 1.71. The molecule has 0 spiro atoms. The van der Waals surface area contributed by atoms with Crippen LogP contribution in [0.25, 0.3) is 0 Å². The first-order valence-electron chi connectivity index (χ1n) is 12.8. The van der Waals surface area contributed by atoms with Crippen molar-refractivity contribution in [3.05, 3.63) is 108 Å². The Kier molecular flexibility index (Phi) is 8.69. The molecular formula is C30H34N4O3. The van der Waals surface area contributed by atoms with E-state index in [2.05, 4.69) is 10.6 Å². The summed E-state index contributed by atoms with van der Waals surface area (Å²) in [6.45, 7) is 2.26. The second kappa shape index (κ2) is 12.3. The van der Waals surface area contributed by atoms with Crippen molar-refractivity contribution in [3.8, 4) is 0 Å². The fourth-order valence-corrected chi connectivity index (χ4v) is 4.73. The van der Waals surface area contributed by atoms with Crippen LogP contribution in [0.1, 0.15) is 55.0 Å². The molecule has 1 saturated heterocycles. The molecule has 3 aromatic carbocycles. The van der Waals surface area contributed by atoms with Crippen LogP contribution in [-0.4, -0.2) is 41.2 Å². The van der Waals surface area contributed by atoms with E-state index in [0.717, 1.165) is 11.1 Å². The highest BCUT2D eigenvalue weighted by Gasteiger charge is 2.39. The van der Waals surface area contributed by atoms with Crippen LogP contribution in [0.5, 0.6) is 0 Å². The van der Waals surface area contributed by atoms with Gasteiger partial charge in [-0.3, -0.25) is 14.4 Å². The number of hydrogen-bond donors (Lipinski definition) is 3. The van der Waals surface area contributed by atoms with Crippen LogP contribution in [0, 0.1) is 0 Å². The zero-order valence-corrected chi connectivity index (χ0v) is 21.0. The molecular weight excluding hydrogens is 464 g/mol. The fourth-order valence-electron chi connectivity index (χ4n) is 4.73. The molecule has 37 heavy (non-hydrogen) atoms. The zero-order chi connectivity index (χ0) is 26.2. The Bertz CT molecular complexity index is 1150. The smallest absolute Gasteiger partial charge is 0.250 e. The normalized spacial score (nSPS) is 16.7. The van der Waals surface area contributed by atoms with Gasteiger partial charge in [-0.15, -0.1) is 0 Å². The van der Waals surface area contributed by atoms with Crippen LogP contribution >= 0.6 is 0 Å². The summed E-state index contributed by atoms with van der Waals surface area (Å²) in [5.74, 6) is -0.915. The second-order valence-corrected chi connectivity index (χ2v) is 9.32. The molecule has 0 bridgehead atoms. The summed E-state index contributed by atoms with van der Waals surface area (Å²) in [6, 6.07) is 26.0. The maximum Gasteiger partial charge on any atom is 0.250 e. The predicted octanol–water partition coefficient (Wildman–Crippen LogP) is 3.48. The largest absolute Gasteiger partial charge is 0.343 e. The molecule has 192 valence electrons. The number of nitrogens with two attached hydrogens (primary N) is 1. The molecule has 3 amide bonds. The van der Waals surface area contributed by atoms with Gasteiger partial charge in [-0.1, -0.05) is 97.9 Å². The van der Waals surface area contributed by atoms with E-state index in [0.29, 0.717) is 31.4 Å². The lowest BCUT2D eigenvalue weighted by molar-refractivity contribution is -0.141. The number of amides is 3. The van der Waals surface area contributed by atoms with Crippen LogP contribution in [0.2, 0.25) is 0 Å². The molecule has 0 radical (unpaired) electrons. The van der Waals surface area contributed by atoms with Gasteiger partial charge in [0.15, 0.2) is 0 Å². The average molecular weight is 499 g/mol. The van der Waals surface area contributed by atoms with Gasteiger partial charge in [0, 0.05) is 6.54 Å². The third-order valence-electron chi connectivity index (χ3n) is 6.83. The molecule has 1 aliphatic rings. The third-order valence-corrected chi connectivity index (χ3v) is 6.83. The number of benzene rings is 3. The van der Waals surface area contributed by atoms with Gasteiger partial charge >= 0.3 is 0 Å². The van der Waals surface area contributed by atoms with Gasteiger partial charge in [0.05, 0.1) is 12.1 Å². The lowest BCUT2D eigenvalue weighted by atomic mass is 9.98. The molecule has 0 saturated carbocycles. The van der Waals surface area contributed by atoms with Crippen molar-refractivity contribution in [2.45, 2.75) is 50.4 Å². The lowest BCUT2D eigenvalue weighted by Crippen LogP contribution is -2.52. The number of nitrogens with one attached hydrogen (secondary N) is 2. The molecule has 0 aromatic heterocycles. The van der Waals surface area contributed by atoms with Crippen molar-refractivity contribution in [2.75, 3.05) is 6.54 Å². The SMILES string of the molecule is CC[C@H](N)C(=O)N[C@H](C(=O)N1CCC[C@H]1C(=O)NC(c1ccccc1)c1ccccc1)c1ccccc1. The van der Waals surface area contributed by atoms with E-state index >= 15 is 0 Å². The minimum atomic E-state index is -0.918. The summed E-state index contributed by atoms with van der Waals surface area (Å²) < 4.78 is 0. The number of nitrogens with zero attached hydrogens (tertiary/aromatic N) is 1. The van der Waals surface area contributed by atoms with Crippen LogP contribution in [0.3, 0.4) is 0 Å². The van der Waals surface area contributed by atoms with Gasteiger partial charge in [-0.2, -0.15) is 0 Å². The highest BCUT2D eigenvalue weighted by Crippen LogP contribution is 2.27. The van der Waals surface area contributed by atoms with E-state index in [9.17, 15) is 14.4 Å². The third kappa shape index (κ3) is 6.24. The standard InChI is InChI=1S/C30H34N4O3/c1-2-24(31)28(35)33-27(23-17-10-5-11-18-23)30(37)34-20-12-19-25(34)29(36)32-26(21-13-6-3-7-14-21)22-15-8-4-9-16-22/h3-11,13-18,24-27H,2,12,19-20,31H2,1H3,(H,32,36)(H,33,35)/t24-,25-,27-/m0/s1. The molecule has 0 aliphatic carbocycles. The van der Waals surface area contributed by atoms with E-state index in [-0.39, 0.29) is 17.9 Å². The first-order chi connectivity index (χ1) is 18.0. The maximum atomic E-state index is 13.8. The van der Waals surface area contributed by atoms with E-state index in [1.165, 1.54) is 0 Å². The Morgan fingerprint density at radius 1 is 0.838 bits per heavy atom. The summed E-state index contributed by atoms with van der Waals surface area (Å²) in [5.41, 5.74) is 8.51. The van der Waals surface area contributed by atoms with E-state index in [4.69, 9.17) is 5.73 Å². The number of hydrogen-bond acceptors (Lipinski definition) is 4. The molecule has 0 unspecified atom stereocenters. The van der Waals surface area contributed by atoms with Crippen LogP contribution in [0.4, 0.5) is 0 Å². The van der Waals surface area contributed by atoms with Crippen molar-refractivity contribution in [1.29, 1.82) is 0 Å². The first kappa shape index (κ1) is 26.1. The minimum absolute atomic E-state index is 0.216. The van der Waals surface area contributed by atoms with Crippen molar-refractivity contribution >= 4 is 17.7 Å². The van der Waals surface area contributed by atoms with Gasteiger partial charge in [0.2, 0.25) is 17.7 Å². The van der Waals surface area contributed by atoms with Crippen molar-refractivity contribution in [2.24, 2.45) is 5.73 Å². The Morgan fingerprint density at radius 3 is 1.86 bits per heavy atom. The lowest BCUT2D eigenvalue weighted by Gasteiger charge is -2.30. The maximum absolute atomic E-state index is 13.8. The molecule has 1 fully saturated rings. The summed E-state index contributed by atoms with van der Waals surface area (Å²) in [4.78, 5) is 41.7. The molecule has 4 N–H and O–H groups in total. The summed E-state index contributed by atoms with van der Waals surface area (Å²) in [5, 5.41) is 6.01. The Labute approximate surface area is 218 Å². The predicted molar refractivity (Wildman–Crippen MR) is 143 cm³/mol. The van der Waals surface area contributed by atoms with Gasteiger partial charge in [0.25, 0.3) is 0 Å². The first-order valence-corrected chi connectivity index (χ1v) is 12.8. The Morgan fingerprint density at radius 2 is 1.35 bits per heavy atom. The highest BCUT2D eigenvalue weighted by atomic mass is 16.2. The minimum Gasteiger partial charge on any atom is -0.343 e. The van der Waals surface area contributed by atoms with Crippen LogP contribution in [0.15, 0.2) is 91.0 Å². The van der Waals surface area contributed by atoms with E-state index < -0.39 is 24.0 Å². The Balaban J connectivity index is 1.57. The number of rotatable bonds is 9. The van der Waals surface area contributed by atoms with E-state index in [1.807, 2.05) is 85.8 Å².